The standard InChI is InChI=1S/C16H15NOS/c17-14-7-3-1-6-13(14)15(18)9-11-10-19-16-8-4-2-5-12(11)16/h1-8,10,15,18H,9,17H2. The molecule has 3 heteroatoms. The van der Waals surface area contributed by atoms with Gasteiger partial charge in [-0.3, -0.25) is 0 Å². The first-order valence-corrected chi connectivity index (χ1v) is 7.11. The Bertz CT molecular complexity index is 705. The highest BCUT2D eigenvalue weighted by molar-refractivity contribution is 7.17. The van der Waals surface area contributed by atoms with Crippen molar-refractivity contribution in [2.45, 2.75) is 12.5 Å². The van der Waals surface area contributed by atoms with E-state index in [1.54, 1.807) is 11.3 Å². The zero-order chi connectivity index (χ0) is 13.2. The van der Waals surface area contributed by atoms with Crippen LogP contribution >= 0.6 is 11.3 Å². The minimum Gasteiger partial charge on any atom is -0.398 e. The maximum Gasteiger partial charge on any atom is 0.0850 e. The van der Waals surface area contributed by atoms with E-state index >= 15 is 0 Å². The maximum absolute atomic E-state index is 10.4. The van der Waals surface area contributed by atoms with Crippen LogP contribution in [-0.4, -0.2) is 5.11 Å². The molecule has 0 spiro atoms. The van der Waals surface area contributed by atoms with Crippen LogP contribution in [0.2, 0.25) is 0 Å². The topological polar surface area (TPSA) is 46.2 Å². The van der Waals surface area contributed by atoms with E-state index < -0.39 is 6.10 Å². The molecule has 1 atom stereocenters. The van der Waals surface area contributed by atoms with E-state index in [0.717, 1.165) is 5.56 Å². The lowest BCUT2D eigenvalue weighted by Crippen LogP contribution is -2.04. The van der Waals surface area contributed by atoms with E-state index in [-0.39, 0.29) is 0 Å². The van der Waals surface area contributed by atoms with E-state index in [4.69, 9.17) is 5.73 Å². The van der Waals surface area contributed by atoms with Crippen molar-refractivity contribution in [1.29, 1.82) is 0 Å². The number of nitrogens with two attached hydrogens (primary N) is 1. The molecule has 0 saturated heterocycles. The summed E-state index contributed by atoms with van der Waals surface area (Å²) in [7, 11) is 0. The molecule has 0 amide bonds. The van der Waals surface area contributed by atoms with Crippen molar-refractivity contribution >= 4 is 27.1 Å². The lowest BCUT2D eigenvalue weighted by molar-refractivity contribution is 0.179. The number of para-hydroxylation sites is 1. The average Bonchev–Trinajstić information content (AvgIpc) is 2.83. The Labute approximate surface area is 116 Å². The van der Waals surface area contributed by atoms with E-state index in [9.17, 15) is 5.11 Å². The summed E-state index contributed by atoms with van der Waals surface area (Å²) in [6.45, 7) is 0. The van der Waals surface area contributed by atoms with Gasteiger partial charge in [0.15, 0.2) is 0 Å². The molecule has 3 rings (SSSR count). The van der Waals surface area contributed by atoms with Crippen LogP contribution in [0.25, 0.3) is 10.1 Å². The quantitative estimate of drug-likeness (QED) is 0.711. The molecule has 0 fully saturated rings. The van der Waals surface area contributed by atoms with Crippen molar-refractivity contribution in [3.63, 3.8) is 0 Å². The summed E-state index contributed by atoms with van der Waals surface area (Å²) < 4.78 is 1.26. The minimum absolute atomic E-state index is 0.556. The Kier molecular flexibility index (Phi) is 3.23. The van der Waals surface area contributed by atoms with Crippen LogP contribution < -0.4 is 5.73 Å². The number of benzene rings is 2. The molecule has 2 aromatic carbocycles. The van der Waals surface area contributed by atoms with Gasteiger partial charge in [0.05, 0.1) is 6.10 Å². The molecule has 19 heavy (non-hydrogen) atoms. The van der Waals surface area contributed by atoms with Gasteiger partial charge in [0.2, 0.25) is 0 Å². The molecule has 0 bridgehead atoms. The van der Waals surface area contributed by atoms with E-state index in [0.29, 0.717) is 12.1 Å². The molecule has 0 aliphatic heterocycles. The Balaban J connectivity index is 1.91. The van der Waals surface area contributed by atoms with Crippen molar-refractivity contribution in [2.24, 2.45) is 0 Å². The highest BCUT2D eigenvalue weighted by Crippen LogP contribution is 2.30. The lowest BCUT2D eigenvalue weighted by atomic mass is 10.00. The fraction of sp³-hybridized carbons (Fsp3) is 0.125. The van der Waals surface area contributed by atoms with Crippen LogP contribution in [0.4, 0.5) is 5.69 Å². The molecule has 1 unspecified atom stereocenters. The van der Waals surface area contributed by atoms with Crippen LogP contribution in [0.1, 0.15) is 17.2 Å². The molecule has 96 valence electrons. The third-order valence-electron chi connectivity index (χ3n) is 3.33. The van der Waals surface area contributed by atoms with Crippen molar-refractivity contribution in [3.05, 3.63) is 65.0 Å². The number of hydrogen-bond acceptors (Lipinski definition) is 3. The fourth-order valence-corrected chi connectivity index (χ4v) is 3.30. The van der Waals surface area contributed by atoms with Gasteiger partial charge in [-0.1, -0.05) is 36.4 Å². The Morgan fingerprint density at radius 3 is 2.63 bits per heavy atom. The molecule has 1 aromatic heterocycles. The fourth-order valence-electron chi connectivity index (χ4n) is 2.32. The van der Waals surface area contributed by atoms with Crippen LogP contribution in [0, 0.1) is 0 Å². The first-order valence-electron chi connectivity index (χ1n) is 6.23. The zero-order valence-electron chi connectivity index (χ0n) is 10.4. The van der Waals surface area contributed by atoms with Gasteiger partial charge in [-0.25, -0.2) is 0 Å². The summed E-state index contributed by atoms with van der Waals surface area (Å²) in [6, 6.07) is 15.8. The highest BCUT2D eigenvalue weighted by atomic mass is 32.1. The van der Waals surface area contributed by atoms with Gasteiger partial charge in [0, 0.05) is 22.4 Å². The molecular formula is C16H15NOS. The monoisotopic (exact) mass is 269 g/mol. The number of hydrogen-bond donors (Lipinski definition) is 2. The molecule has 0 saturated carbocycles. The largest absolute Gasteiger partial charge is 0.398 e. The number of thiophene rings is 1. The lowest BCUT2D eigenvalue weighted by Gasteiger charge is -2.12. The number of fused-ring (bicyclic) bond motifs is 1. The van der Waals surface area contributed by atoms with Crippen LogP contribution in [0.3, 0.4) is 0 Å². The molecule has 0 aliphatic rings. The Morgan fingerprint density at radius 1 is 1.05 bits per heavy atom. The minimum atomic E-state index is -0.556. The molecule has 3 N–H and O–H groups in total. The summed E-state index contributed by atoms with van der Waals surface area (Å²) in [5, 5.41) is 13.7. The van der Waals surface area contributed by atoms with Gasteiger partial charge in [-0.05, 0) is 28.5 Å². The first-order chi connectivity index (χ1) is 9.25. The summed E-state index contributed by atoms with van der Waals surface area (Å²) in [5.41, 5.74) is 8.53. The molecule has 1 heterocycles. The van der Waals surface area contributed by atoms with Crippen LogP contribution in [0.5, 0.6) is 0 Å². The normalized spacial score (nSPS) is 12.7. The highest BCUT2D eigenvalue weighted by Gasteiger charge is 2.13. The number of aliphatic hydroxyl groups is 1. The van der Waals surface area contributed by atoms with Gasteiger partial charge in [0.25, 0.3) is 0 Å². The Hall–Kier alpha value is -1.84. The van der Waals surface area contributed by atoms with E-state index in [2.05, 4.69) is 17.5 Å². The predicted molar refractivity (Wildman–Crippen MR) is 81.3 cm³/mol. The van der Waals surface area contributed by atoms with Crippen molar-refractivity contribution in [1.82, 2.24) is 0 Å². The average molecular weight is 269 g/mol. The van der Waals surface area contributed by atoms with Gasteiger partial charge in [-0.15, -0.1) is 11.3 Å². The third kappa shape index (κ3) is 2.35. The van der Waals surface area contributed by atoms with E-state index in [1.165, 1.54) is 15.6 Å². The molecular weight excluding hydrogens is 254 g/mol. The van der Waals surface area contributed by atoms with Crippen LogP contribution in [-0.2, 0) is 6.42 Å². The summed E-state index contributed by atoms with van der Waals surface area (Å²) in [6.07, 6.45) is 0.0392. The predicted octanol–water partition coefficient (Wildman–Crippen LogP) is 3.76. The zero-order valence-corrected chi connectivity index (χ0v) is 11.2. The molecule has 2 nitrogen and oxygen atoms in total. The van der Waals surface area contributed by atoms with Gasteiger partial charge in [-0.2, -0.15) is 0 Å². The summed E-state index contributed by atoms with van der Waals surface area (Å²) in [5.74, 6) is 0. The van der Waals surface area contributed by atoms with Gasteiger partial charge < -0.3 is 10.8 Å². The van der Waals surface area contributed by atoms with Gasteiger partial charge >= 0.3 is 0 Å². The molecule has 0 radical (unpaired) electrons. The molecule has 0 aliphatic carbocycles. The molecule has 3 aromatic rings. The smallest absolute Gasteiger partial charge is 0.0850 e. The Morgan fingerprint density at radius 2 is 1.79 bits per heavy atom. The number of anilines is 1. The maximum atomic E-state index is 10.4. The number of nitrogen functional groups attached to an aromatic ring is 1. The second-order valence-corrected chi connectivity index (χ2v) is 5.52. The number of aliphatic hydroxyl groups excluding tert-OH is 1. The first kappa shape index (κ1) is 12.2. The van der Waals surface area contributed by atoms with Crippen molar-refractivity contribution in [2.75, 3.05) is 5.73 Å². The number of rotatable bonds is 3. The van der Waals surface area contributed by atoms with Crippen LogP contribution in [0.15, 0.2) is 53.9 Å². The summed E-state index contributed by atoms with van der Waals surface area (Å²) in [4.78, 5) is 0. The SMILES string of the molecule is Nc1ccccc1C(O)Cc1csc2ccccc12. The van der Waals surface area contributed by atoms with Crippen molar-refractivity contribution in [3.8, 4) is 0 Å². The summed E-state index contributed by atoms with van der Waals surface area (Å²) >= 11 is 1.71. The second-order valence-electron chi connectivity index (χ2n) is 4.61. The van der Waals surface area contributed by atoms with Crippen molar-refractivity contribution < 1.29 is 5.11 Å². The van der Waals surface area contributed by atoms with E-state index in [1.807, 2.05) is 36.4 Å². The van der Waals surface area contributed by atoms with Gasteiger partial charge in [0.1, 0.15) is 0 Å². The third-order valence-corrected chi connectivity index (χ3v) is 4.34. The second kappa shape index (κ2) is 5.03.